The Morgan fingerprint density at radius 2 is 1.93 bits per heavy atom. The normalized spacial score (nSPS) is 11.3. The average molecular weight is 437 g/mol. The minimum atomic E-state index is -4.56. The molecule has 3 rings (SSSR count). The predicted molar refractivity (Wildman–Crippen MR) is 108 cm³/mol. The van der Waals surface area contributed by atoms with E-state index < -0.39 is 17.9 Å². The van der Waals surface area contributed by atoms with Crippen LogP contribution in [-0.4, -0.2) is 34.6 Å². The number of nitrogens with zero attached hydrogens (tertiary/aromatic N) is 3. The zero-order valence-electron chi connectivity index (χ0n) is 16.3. The van der Waals surface area contributed by atoms with E-state index in [0.717, 1.165) is 22.3 Å². The average Bonchev–Trinajstić information content (AvgIpc) is 3.19. The van der Waals surface area contributed by atoms with Gasteiger partial charge in [-0.3, -0.25) is 5.32 Å². The molecule has 0 spiro atoms. The van der Waals surface area contributed by atoms with Crippen LogP contribution in [0.4, 0.5) is 23.8 Å². The fourth-order valence-corrected chi connectivity index (χ4v) is 3.53. The summed E-state index contributed by atoms with van der Waals surface area (Å²) in [6.07, 6.45) is -1.50. The number of halogens is 3. The van der Waals surface area contributed by atoms with Crippen molar-refractivity contribution in [3.05, 3.63) is 41.2 Å². The van der Waals surface area contributed by atoms with Gasteiger partial charge in [0.25, 0.3) is 0 Å². The molecule has 0 radical (unpaired) electrons. The number of urea groups is 1. The summed E-state index contributed by atoms with van der Waals surface area (Å²) in [5, 5.41) is 6.20. The highest BCUT2D eigenvalue weighted by Crippen LogP contribution is 2.40. The number of hydrogen-bond donors (Lipinski definition) is 2. The van der Waals surface area contributed by atoms with E-state index in [9.17, 15) is 18.0 Å². The fourth-order valence-electron chi connectivity index (χ4n) is 2.68. The van der Waals surface area contributed by atoms with Crippen LogP contribution in [0.5, 0.6) is 5.88 Å². The first-order chi connectivity index (χ1) is 14.2. The number of alkyl halides is 3. The van der Waals surface area contributed by atoms with E-state index in [-0.39, 0.29) is 10.8 Å². The first kappa shape index (κ1) is 21.5. The summed E-state index contributed by atoms with van der Waals surface area (Å²) in [6, 6.07) is 2.79. The van der Waals surface area contributed by atoms with Crippen molar-refractivity contribution in [2.75, 3.05) is 19.0 Å². The third-order valence-corrected chi connectivity index (χ3v) is 4.85. The number of carbonyl (C=O) groups excluding carboxylic acids is 1. The first-order valence-corrected chi connectivity index (χ1v) is 9.70. The van der Waals surface area contributed by atoms with Gasteiger partial charge in [0.15, 0.2) is 5.69 Å². The molecule has 3 heterocycles. The molecule has 2 N–H and O–H groups in total. The number of amides is 2. The van der Waals surface area contributed by atoms with Gasteiger partial charge in [-0.1, -0.05) is 0 Å². The Bertz CT molecular complexity index is 1070. The molecular weight excluding hydrogens is 419 g/mol. The van der Waals surface area contributed by atoms with E-state index in [1.165, 1.54) is 19.4 Å². The van der Waals surface area contributed by atoms with Crippen molar-refractivity contribution in [2.45, 2.75) is 20.0 Å². The molecule has 3 aromatic heterocycles. The van der Waals surface area contributed by atoms with Gasteiger partial charge in [-0.05, 0) is 31.5 Å². The topological polar surface area (TPSA) is 89.0 Å². The van der Waals surface area contributed by atoms with Crippen LogP contribution in [0.2, 0.25) is 0 Å². The third-order valence-electron chi connectivity index (χ3n) is 3.98. The maximum absolute atomic E-state index is 13.1. The van der Waals surface area contributed by atoms with Gasteiger partial charge in [-0.15, -0.1) is 11.3 Å². The maximum atomic E-state index is 13.1. The molecule has 0 unspecified atom stereocenters. The van der Waals surface area contributed by atoms with Crippen LogP contribution in [0.1, 0.15) is 18.2 Å². The number of carbonyl (C=O) groups is 1. The summed E-state index contributed by atoms with van der Waals surface area (Å²) in [5.41, 5.74) is 1.23. The molecule has 0 fully saturated rings. The van der Waals surface area contributed by atoms with Gasteiger partial charge >= 0.3 is 12.2 Å². The van der Waals surface area contributed by atoms with E-state index in [0.29, 0.717) is 29.1 Å². The number of thiazole rings is 1. The molecule has 0 aliphatic rings. The third kappa shape index (κ3) is 4.67. The van der Waals surface area contributed by atoms with Crippen LogP contribution in [-0.2, 0) is 6.18 Å². The smallest absolute Gasteiger partial charge is 0.434 e. The Hall–Kier alpha value is -3.21. The molecule has 0 atom stereocenters. The minimum Gasteiger partial charge on any atom is -0.481 e. The molecule has 30 heavy (non-hydrogen) atoms. The van der Waals surface area contributed by atoms with Crippen molar-refractivity contribution in [3.8, 4) is 27.6 Å². The number of hydrogen-bond acceptors (Lipinski definition) is 6. The summed E-state index contributed by atoms with van der Waals surface area (Å²) in [7, 11) is 1.45. The lowest BCUT2D eigenvalue weighted by Crippen LogP contribution is -2.28. The zero-order chi connectivity index (χ0) is 21.9. The number of aromatic nitrogens is 3. The number of aryl methyl sites for hydroxylation is 1. The zero-order valence-corrected chi connectivity index (χ0v) is 17.1. The van der Waals surface area contributed by atoms with Gasteiger partial charge in [0.2, 0.25) is 5.88 Å². The van der Waals surface area contributed by atoms with E-state index in [4.69, 9.17) is 4.74 Å². The van der Waals surface area contributed by atoms with Crippen LogP contribution >= 0.6 is 11.3 Å². The molecule has 0 bridgehead atoms. The summed E-state index contributed by atoms with van der Waals surface area (Å²) in [6.45, 7) is 4.00. The number of methoxy groups -OCH3 is 1. The van der Waals surface area contributed by atoms with Crippen LogP contribution in [0.15, 0.2) is 29.9 Å². The quantitative estimate of drug-likeness (QED) is 0.602. The summed E-state index contributed by atoms with van der Waals surface area (Å²) in [5.74, 6) is 0.462. The number of ether oxygens (including phenoxy) is 1. The molecule has 0 aromatic carbocycles. The van der Waals surface area contributed by atoms with E-state index >= 15 is 0 Å². The summed E-state index contributed by atoms with van der Waals surface area (Å²) >= 11 is 0.845. The molecule has 0 aliphatic heterocycles. The van der Waals surface area contributed by atoms with Crippen molar-refractivity contribution < 1.29 is 22.7 Å². The number of nitrogens with one attached hydrogen (secondary N) is 2. The Morgan fingerprint density at radius 3 is 2.57 bits per heavy atom. The molecule has 2 amide bonds. The second-order valence-electron chi connectivity index (χ2n) is 6.20. The molecule has 3 aromatic rings. The highest BCUT2D eigenvalue weighted by molar-refractivity contribution is 7.13. The SMILES string of the molecule is CCNC(=O)Nc1cc(-c2nc(C(F)(F)F)cs2)c(-c2cc(C)cnc2OC)cn1. The summed E-state index contributed by atoms with van der Waals surface area (Å²) < 4.78 is 44.6. The van der Waals surface area contributed by atoms with Gasteiger partial charge in [0, 0.05) is 41.0 Å². The van der Waals surface area contributed by atoms with Crippen LogP contribution in [0.3, 0.4) is 0 Å². The molecule has 0 saturated heterocycles. The molecule has 0 aliphatic carbocycles. The minimum absolute atomic E-state index is 0.127. The molecule has 7 nitrogen and oxygen atoms in total. The van der Waals surface area contributed by atoms with Crippen LogP contribution in [0.25, 0.3) is 21.7 Å². The number of pyridine rings is 2. The molecular formula is C19H18F3N5O2S. The fraction of sp³-hybridized carbons (Fsp3) is 0.263. The maximum Gasteiger partial charge on any atom is 0.434 e. The van der Waals surface area contributed by atoms with E-state index in [1.54, 1.807) is 19.2 Å². The van der Waals surface area contributed by atoms with Crippen molar-refractivity contribution in [2.24, 2.45) is 0 Å². The Labute approximate surface area is 174 Å². The van der Waals surface area contributed by atoms with E-state index in [2.05, 4.69) is 25.6 Å². The van der Waals surface area contributed by atoms with Crippen molar-refractivity contribution in [3.63, 3.8) is 0 Å². The lowest BCUT2D eigenvalue weighted by Gasteiger charge is -2.13. The number of anilines is 1. The Morgan fingerprint density at radius 1 is 1.17 bits per heavy atom. The van der Waals surface area contributed by atoms with Crippen molar-refractivity contribution in [1.82, 2.24) is 20.3 Å². The van der Waals surface area contributed by atoms with E-state index in [1.807, 2.05) is 6.92 Å². The first-order valence-electron chi connectivity index (χ1n) is 8.82. The predicted octanol–water partition coefficient (Wildman–Crippen LogP) is 4.74. The van der Waals surface area contributed by atoms with Gasteiger partial charge in [-0.2, -0.15) is 13.2 Å². The highest BCUT2D eigenvalue weighted by Gasteiger charge is 2.34. The molecule has 11 heteroatoms. The number of rotatable bonds is 5. The molecule has 158 valence electrons. The van der Waals surface area contributed by atoms with Crippen LogP contribution < -0.4 is 15.4 Å². The van der Waals surface area contributed by atoms with Crippen molar-refractivity contribution >= 4 is 23.2 Å². The van der Waals surface area contributed by atoms with Crippen LogP contribution in [0, 0.1) is 6.92 Å². The second-order valence-corrected chi connectivity index (χ2v) is 7.06. The highest BCUT2D eigenvalue weighted by atomic mass is 32.1. The van der Waals surface area contributed by atoms with Gasteiger partial charge in [0.05, 0.1) is 7.11 Å². The molecule has 0 saturated carbocycles. The van der Waals surface area contributed by atoms with Crippen molar-refractivity contribution in [1.29, 1.82) is 0 Å². The Balaban J connectivity index is 2.16. The lowest BCUT2D eigenvalue weighted by atomic mass is 10.0. The standard InChI is InChI=1S/C19H18F3N5O2S/c1-4-23-18(28)27-15-6-12(17-26-14(9-30-17)19(20,21)22)13(8-24-15)11-5-10(2)7-25-16(11)29-3/h5-9H,4H2,1-3H3,(H2,23,24,27,28). The largest absolute Gasteiger partial charge is 0.481 e. The second kappa shape index (κ2) is 8.66. The van der Waals surface area contributed by atoms with Gasteiger partial charge in [-0.25, -0.2) is 19.7 Å². The Kier molecular flexibility index (Phi) is 6.20. The van der Waals surface area contributed by atoms with Gasteiger partial charge in [0.1, 0.15) is 10.8 Å². The monoisotopic (exact) mass is 437 g/mol. The lowest BCUT2D eigenvalue weighted by molar-refractivity contribution is -0.140. The van der Waals surface area contributed by atoms with Gasteiger partial charge < -0.3 is 10.1 Å². The summed E-state index contributed by atoms with van der Waals surface area (Å²) in [4.78, 5) is 24.0.